The zero-order valence-corrected chi connectivity index (χ0v) is 11.3. The number of amides is 1. The van der Waals surface area contributed by atoms with E-state index in [-0.39, 0.29) is 24.3 Å². The molecular formula is C12H21N5O. The lowest BCUT2D eigenvalue weighted by Crippen LogP contribution is -2.25. The molecule has 18 heavy (non-hydrogen) atoms. The first-order valence-corrected chi connectivity index (χ1v) is 6.00. The van der Waals surface area contributed by atoms with E-state index < -0.39 is 0 Å². The molecule has 0 aliphatic heterocycles. The summed E-state index contributed by atoms with van der Waals surface area (Å²) in [5, 5.41) is 3.15. The quantitative estimate of drug-likeness (QED) is 0.728. The molecule has 6 nitrogen and oxygen atoms in total. The molecule has 0 saturated carbocycles. The van der Waals surface area contributed by atoms with Crippen molar-refractivity contribution in [2.24, 2.45) is 5.73 Å². The van der Waals surface area contributed by atoms with E-state index in [4.69, 9.17) is 11.5 Å². The number of nitrogens with zero attached hydrogens (tertiary/aromatic N) is 2. The number of hydrogen-bond donors (Lipinski definition) is 3. The van der Waals surface area contributed by atoms with Crippen LogP contribution in [0.15, 0.2) is 0 Å². The van der Waals surface area contributed by atoms with Gasteiger partial charge < -0.3 is 16.8 Å². The largest absolute Gasteiger partial charge is 0.383 e. The fourth-order valence-corrected chi connectivity index (χ4v) is 1.54. The second kappa shape index (κ2) is 5.66. The zero-order valence-electron chi connectivity index (χ0n) is 11.3. The van der Waals surface area contributed by atoms with E-state index in [1.54, 1.807) is 0 Å². The van der Waals surface area contributed by atoms with Gasteiger partial charge in [-0.15, -0.1) is 0 Å². The highest BCUT2D eigenvalue weighted by Crippen LogP contribution is 2.21. The van der Waals surface area contributed by atoms with Crippen LogP contribution in [0, 0.1) is 6.92 Å². The van der Waals surface area contributed by atoms with Crippen molar-refractivity contribution in [3.63, 3.8) is 0 Å². The van der Waals surface area contributed by atoms with Crippen LogP contribution in [-0.4, -0.2) is 21.9 Å². The maximum atomic E-state index is 10.9. The average molecular weight is 251 g/mol. The van der Waals surface area contributed by atoms with Crippen molar-refractivity contribution in [2.45, 2.75) is 46.1 Å². The van der Waals surface area contributed by atoms with Crippen LogP contribution in [0.1, 0.15) is 44.5 Å². The van der Waals surface area contributed by atoms with Gasteiger partial charge in [0.05, 0.1) is 0 Å². The Labute approximate surface area is 107 Å². The number of nitrogen functional groups attached to an aromatic ring is 1. The average Bonchev–Trinajstić information content (AvgIpc) is 2.22. The van der Waals surface area contributed by atoms with E-state index in [2.05, 4.69) is 15.3 Å². The molecule has 1 rings (SSSR count). The Morgan fingerprint density at radius 2 is 1.94 bits per heavy atom. The number of aromatic nitrogens is 2. The van der Waals surface area contributed by atoms with Crippen LogP contribution in [-0.2, 0) is 4.79 Å². The molecule has 0 saturated heterocycles. The second-order valence-corrected chi connectivity index (χ2v) is 4.81. The van der Waals surface area contributed by atoms with Crippen molar-refractivity contribution in [1.29, 1.82) is 0 Å². The van der Waals surface area contributed by atoms with Gasteiger partial charge in [0.25, 0.3) is 0 Å². The molecule has 0 radical (unpaired) electrons. The molecule has 1 aromatic heterocycles. The third-order valence-electron chi connectivity index (χ3n) is 2.61. The number of anilines is 2. The Morgan fingerprint density at radius 3 is 2.44 bits per heavy atom. The molecule has 100 valence electrons. The van der Waals surface area contributed by atoms with Gasteiger partial charge >= 0.3 is 0 Å². The molecule has 1 aromatic rings. The Bertz CT molecular complexity index is 444. The molecule has 1 unspecified atom stereocenters. The molecule has 0 fully saturated rings. The first-order chi connectivity index (χ1) is 8.31. The van der Waals surface area contributed by atoms with Gasteiger partial charge in [0, 0.05) is 23.9 Å². The third-order valence-corrected chi connectivity index (χ3v) is 2.61. The molecule has 6 heteroatoms. The first kappa shape index (κ1) is 14.2. The highest BCUT2D eigenvalue weighted by atomic mass is 16.1. The van der Waals surface area contributed by atoms with Crippen molar-refractivity contribution in [1.82, 2.24) is 9.97 Å². The van der Waals surface area contributed by atoms with Gasteiger partial charge in [0.15, 0.2) is 0 Å². The van der Waals surface area contributed by atoms with Crippen molar-refractivity contribution in [3.05, 3.63) is 11.4 Å². The summed E-state index contributed by atoms with van der Waals surface area (Å²) in [5.41, 5.74) is 11.8. The maximum Gasteiger partial charge on any atom is 0.219 e. The van der Waals surface area contributed by atoms with Crippen molar-refractivity contribution >= 4 is 17.5 Å². The molecule has 1 heterocycles. The van der Waals surface area contributed by atoms with Gasteiger partial charge in [-0.1, -0.05) is 13.8 Å². The minimum absolute atomic E-state index is 0.0875. The number of primary amides is 1. The number of carbonyl (C=O) groups excluding carboxylic acids is 1. The van der Waals surface area contributed by atoms with Gasteiger partial charge in [-0.05, 0) is 13.8 Å². The smallest absolute Gasteiger partial charge is 0.219 e. The summed E-state index contributed by atoms with van der Waals surface area (Å²) in [5.74, 6) is 1.66. The van der Waals surface area contributed by atoms with Crippen LogP contribution in [0.2, 0.25) is 0 Å². The van der Waals surface area contributed by atoms with Crippen molar-refractivity contribution in [3.8, 4) is 0 Å². The van der Waals surface area contributed by atoms with E-state index in [0.717, 1.165) is 5.56 Å². The highest BCUT2D eigenvalue weighted by molar-refractivity contribution is 5.75. The van der Waals surface area contributed by atoms with E-state index in [9.17, 15) is 4.79 Å². The molecule has 0 spiro atoms. The van der Waals surface area contributed by atoms with Gasteiger partial charge in [0.2, 0.25) is 5.91 Å². The molecule has 0 aromatic carbocycles. The molecule has 5 N–H and O–H groups in total. The Balaban J connectivity index is 2.97. The lowest BCUT2D eigenvalue weighted by atomic mass is 10.2. The lowest BCUT2D eigenvalue weighted by molar-refractivity contribution is -0.118. The number of hydrogen-bond acceptors (Lipinski definition) is 5. The number of nitrogens with one attached hydrogen (secondary N) is 1. The SMILES string of the molecule is Cc1c(N)nc(C(C)C)nc1NC(C)CC(N)=O. The van der Waals surface area contributed by atoms with Crippen LogP contribution in [0.25, 0.3) is 0 Å². The summed E-state index contributed by atoms with van der Waals surface area (Å²) >= 11 is 0. The number of rotatable bonds is 5. The summed E-state index contributed by atoms with van der Waals surface area (Å²) in [6.07, 6.45) is 0.250. The fourth-order valence-electron chi connectivity index (χ4n) is 1.54. The third kappa shape index (κ3) is 3.58. The predicted octanol–water partition coefficient (Wildman–Crippen LogP) is 1.17. The normalized spacial score (nSPS) is 12.5. The Kier molecular flexibility index (Phi) is 4.47. The molecule has 0 aliphatic carbocycles. The minimum atomic E-state index is -0.348. The summed E-state index contributed by atoms with van der Waals surface area (Å²) in [6.45, 7) is 7.72. The zero-order chi connectivity index (χ0) is 13.9. The lowest BCUT2D eigenvalue weighted by Gasteiger charge is -2.17. The predicted molar refractivity (Wildman–Crippen MR) is 72.2 cm³/mol. The molecule has 0 aliphatic rings. The molecule has 1 atom stereocenters. The summed E-state index contributed by atoms with van der Waals surface area (Å²) < 4.78 is 0. The monoisotopic (exact) mass is 251 g/mol. The van der Waals surface area contributed by atoms with Gasteiger partial charge in [-0.3, -0.25) is 4.79 Å². The van der Waals surface area contributed by atoms with Gasteiger partial charge in [-0.25, -0.2) is 9.97 Å². The Morgan fingerprint density at radius 1 is 1.33 bits per heavy atom. The van der Waals surface area contributed by atoms with Crippen LogP contribution >= 0.6 is 0 Å². The minimum Gasteiger partial charge on any atom is -0.383 e. The molecule has 0 bridgehead atoms. The summed E-state index contributed by atoms with van der Waals surface area (Å²) in [6, 6.07) is -0.0875. The number of nitrogens with two attached hydrogens (primary N) is 2. The van der Waals surface area contributed by atoms with Crippen LogP contribution in [0.4, 0.5) is 11.6 Å². The van der Waals surface area contributed by atoms with E-state index >= 15 is 0 Å². The van der Waals surface area contributed by atoms with Gasteiger partial charge in [-0.2, -0.15) is 0 Å². The Hall–Kier alpha value is -1.85. The van der Waals surface area contributed by atoms with Crippen LogP contribution in [0.3, 0.4) is 0 Å². The standard InChI is InChI=1S/C12H21N5O/c1-6(2)11-16-10(14)8(4)12(17-11)15-7(3)5-9(13)18/h6-7H,5H2,1-4H3,(H2,13,18)(H3,14,15,16,17). The highest BCUT2D eigenvalue weighted by Gasteiger charge is 2.13. The van der Waals surface area contributed by atoms with Gasteiger partial charge in [0.1, 0.15) is 17.5 Å². The van der Waals surface area contributed by atoms with Crippen LogP contribution < -0.4 is 16.8 Å². The van der Waals surface area contributed by atoms with Crippen molar-refractivity contribution in [2.75, 3.05) is 11.1 Å². The summed E-state index contributed by atoms with van der Waals surface area (Å²) in [4.78, 5) is 19.5. The molecule has 1 amide bonds. The van der Waals surface area contributed by atoms with E-state index in [1.807, 2.05) is 27.7 Å². The van der Waals surface area contributed by atoms with E-state index in [0.29, 0.717) is 17.5 Å². The first-order valence-electron chi connectivity index (χ1n) is 6.00. The second-order valence-electron chi connectivity index (χ2n) is 4.81. The maximum absolute atomic E-state index is 10.9. The van der Waals surface area contributed by atoms with Crippen LogP contribution in [0.5, 0.6) is 0 Å². The topological polar surface area (TPSA) is 107 Å². The van der Waals surface area contributed by atoms with Crippen molar-refractivity contribution < 1.29 is 4.79 Å². The molecular weight excluding hydrogens is 230 g/mol. The number of carbonyl (C=O) groups is 1. The van der Waals surface area contributed by atoms with E-state index in [1.165, 1.54) is 0 Å². The summed E-state index contributed by atoms with van der Waals surface area (Å²) in [7, 11) is 0. The fraction of sp³-hybridized carbons (Fsp3) is 0.583.